The van der Waals surface area contributed by atoms with Crippen LogP contribution in [0.5, 0.6) is 0 Å². The van der Waals surface area contributed by atoms with Crippen molar-refractivity contribution in [2.45, 2.75) is 6.54 Å². The lowest BCUT2D eigenvalue weighted by atomic mass is 10.1. The summed E-state index contributed by atoms with van der Waals surface area (Å²) in [6, 6.07) is 5.55. The van der Waals surface area contributed by atoms with Gasteiger partial charge in [-0.25, -0.2) is 0 Å². The molecular formula is C9H8ClNO. The SMILES string of the molecule is CN1Cc2cccc(Cl)c2C1=O. The van der Waals surface area contributed by atoms with Crippen LogP contribution in [0, 0.1) is 0 Å². The second-order valence-corrected chi connectivity index (χ2v) is 3.34. The predicted octanol–water partition coefficient (Wildman–Crippen LogP) is 1.93. The second kappa shape index (κ2) is 2.49. The Bertz CT molecular complexity index is 348. The standard InChI is InChI=1S/C9H8ClNO/c1-11-5-6-3-2-4-7(10)8(6)9(11)12/h2-4H,5H2,1H3. The molecule has 0 aromatic heterocycles. The largest absolute Gasteiger partial charge is 0.337 e. The maximum atomic E-state index is 11.5. The Morgan fingerprint density at radius 2 is 2.25 bits per heavy atom. The lowest BCUT2D eigenvalue weighted by molar-refractivity contribution is 0.0816. The van der Waals surface area contributed by atoms with Gasteiger partial charge in [-0.3, -0.25) is 4.79 Å². The minimum absolute atomic E-state index is 0.0237. The number of hydrogen-bond donors (Lipinski definition) is 0. The van der Waals surface area contributed by atoms with Crippen molar-refractivity contribution in [3.8, 4) is 0 Å². The Balaban J connectivity index is 2.62. The first-order chi connectivity index (χ1) is 5.70. The highest BCUT2D eigenvalue weighted by Crippen LogP contribution is 2.27. The van der Waals surface area contributed by atoms with Gasteiger partial charge in [0.2, 0.25) is 0 Å². The van der Waals surface area contributed by atoms with E-state index in [0.717, 1.165) is 5.56 Å². The zero-order valence-corrected chi connectivity index (χ0v) is 7.43. The molecule has 1 aromatic rings. The third-order valence-electron chi connectivity index (χ3n) is 2.07. The van der Waals surface area contributed by atoms with Gasteiger partial charge in [-0.1, -0.05) is 23.7 Å². The number of fused-ring (bicyclic) bond motifs is 1. The van der Waals surface area contributed by atoms with Crippen LogP contribution in [0.4, 0.5) is 0 Å². The summed E-state index contributed by atoms with van der Waals surface area (Å²) >= 11 is 5.88. The highest BCUT2D eigenvalue weighted by Gasteiger charge is 2.26. The van der Waals surface area contributed by atoms with Crippen LogP contribution in [0.15, 0.2) is 18.2 Å². The van der Waals surface area contributed by atoms with E-state index in [1.165, 1.54) is 0 Å². The maximum Gasteiger partial charge on any atom is 0.255 e. The Hall–Kier alpha value is -1.02. The van der Waals surface area contributed by atoms with Gasteiger partial charge in [-0.05, 0) is 11.6 Å². The fourth-order valence-corrected chi connectivity index (χ4v) is 1.73. The molecule has 1 aliphatic heterocycles. The third kappa shape index (κ3) is 0.916. The summed E-state index contributed by atoms with van der Waals surface area (Å²) in [5, 5.41) is 0.557. The van der Waals surface area contributed by atoms with Crippen LogP contribution in [0.2, 0.25) is 5.02 Å². The quantitative estimate of drug-likeness (QED) is 0.599. The number of rotatable bonds is 0. The molecule has 62 valence electrons. The number of nitrogens with zero attached hydrogens (tertiary/aromatic N) is 1. The fourth-order valence-electron chi connectivity index (χ4n) is 1.46. The molecule has 0 bridgehead atoms. The van der Waals surface area contributed by atoms with E-state index in [-0.39, 0.29) is 5.91 Å². The summed E-state index contributed by atoms with van der Waals surface area (Å²) < 4.78 is 0. The van der Waals surface area contributed by atoms with Gasteiger partial charge in [0.05, 0.1) is 10.6 Å². The van der Waals surface area contributed by atoms with Crippen molar-refractivity contribution in [2.75, 3.05) is 7.05 Å². The van der Waals surface area contributed by atoms with Gasteiger partial charge in [-0.15, -0.1) is 0 Å². The van der Waals surface area contributed by atoms with E-state index < -0.39 is 0 Å². The van der Waals surface area contributed by atoms with E-state index in [1.54, 1.807) is 18.0 Å². The molecule has 0 aliphatic carbocycles. The van der Waals surface area contributed by atoms with Crippen molar-refractivity contribution in [3.63, 3.8) is 0 Å². The molecule has 0 saturated carbocycles. The molecule has 1 amide bonds. The predicted molar refractivity (Wildman–Crippen MR) is 47.2 cm³/mol. The van der Waals surface area contributed by atoms with E-state index >= 15 is 0 Å². The molecule has 2 nitrogen and oxygen atoms in total. The second-order valence-electron chi connectivity index (χ2n) is 2.94. The molecule has 1 aliphatic rings. The molecule has 0 unspecified atom stereocenters. The van der Waals surface area contributed by atoms with Gasteiger partial charge >= 0.3 is 0 Å². The normalized spacial score (nSPS) is 15.2. The van der Waals surface area contributed by atoms with E-state index in [0.29, 0.717) is 17.1 Å². The zero-order chi connectivity index (χ0) is 8.72. The van der Waals surface area contributed by atoms with Crippen molar-refractivity contribution >= 4 is 17.5 Å². The number of benzene rings is 1. The van der Waals surface area contributed by atoms with Crippen molar-refractivity contribution in [3.05, 3.63) is 34.3 Å². The van der Waals surface area contributed by atoms with Gasteiger partial charge in [0, 0.05) is 13.6 Å². The summed E-state index contributed by atoms with van der Waals surface area (Å²) in [5.74, 6) is 0.0237. The topological polar surface area (TPSA) is 20.3 Å². The summed E-state index contributed by atoms with van der Waals surface area (Å²) in [4.78, 5) is 13.1. The fraction of sp³-hybridized carbons (Fsp3) is 0.222. The van der Waals surface area contributed by atoms with Crippen LogP contribution in [0.1, 0.15) is 15.9 Å². The molecule has 3 heteroatoms. The third-order valence-corrected chi connectivity index (χ3v) is 2.38. The number of hydrogen-bond acceptors (Lipinski definition) is 1. The minimum Gasteiger partial charge on any atom is -0.337 e. The van der Waals surface area contributed by atoms with E-state index in [4.69, 9.17) is 11.6 Å². The molecule has 0 N–H and O–H groups in total. The average Bonchev–Trinajstić information content (AvgIpc) is 2.29. The molecule has 1 aromatic carbocycles. The minimum atomic E-state index is 0.0237. The van der Waals surface area contributed by atoms with Crippen molar-refractivity contribution in [1.82, 2.24) is 4.90 Å². The van der Waals surface area contributed by atoms with Gasteiger partial charge < -0.3 is 4.90 Å². The number of halogens is 1. The molecule has 0 saturated heterocycles. The first kappa shape index (κ1) is 7.62. The van der Waals surface area contributed by atoms with Crippen LogP contribution in [0.3, 0.4) is 0 Å². The Morgan fingerprint density at radius 1 is 1.50 bits per heavy atom. The van der Waals surface area contributed by atoms with E-state index in [9.17, 15) is 4.79 Å². The monoisotopic (exact) mass is 181 g/mol. The van der Waals surface area contributed by atoms with E-state index in [2.05, 4.69) is 0 Å². The molecule has 1 heterocycles. The van der Waals surface area contributed by atoms with Crippen molar-refractivity contribution in [1.29, 1.82) is 0 Å². The van der Waals surface area contributed by atoms with Crippen LogP contribution in [-0.4, -0.2) is 17.9 Å². The van der Waals surface area contributed by atoms with Crippen LogP contribution >= 0.6 is 11.6 Å². The molecular weight excluding hydrogens is 174 g/mol. The Labute approximate surface area is 75.7 Å². The smallest absolute Gasteiger partial charge is 0.255 e. The Kier molecular flexibility index (Phi) is 1.58. The van der Waals surface area contributed by atoms with Crippen molar-refractivity contribution in [2.24, 2.45) is 0 Å². The first-order valence-electron chi connectivity index (χ1n) is 3.73. The lowest BCUT2D eigenvalue weighted by Gasteiger charge is -2.04. The summed E-state index contributed by atoms with van der Waals surface area (Å²) in [6.45, 7) is 0.675. The van der Waals surface area contributed by atoms with Gasteiger partial charge in [0.15, 0.2) is 0 Å². The Morgan fingerprint density at radius 3 is 2.92 bits per heavy atom. The van der Waals surface area contributed by atoms with Crippen molar-refractivity contribution < 1.29 is 4.79 Å². The van der Waals surface area contributed by atoms with Crippen LogP contribution < -0.4 is 0 Å². The highest BCUT2D eigenvalue weighted by molar-refractivity contribution is 6.34. The molecule has 2 rings (SSSR count). The number of carbonyl (C=O) groups excluding carboxylic acids is 1. The summed E-state index contributed by atoms with van der Waals surface area (Å²) in [5.41, 5.74) is 1.69. The molecule has 12 heavy (non-hydrogen) atoms. The van der Waals surface area contributed by atoms with Gasteiger partial charge in [-0.2, -0.15) is 0 Å². The van der Waals surface area contributed by atoms with Crippen LogP contribution in [-0.2, 0) is 6.54 Å². The first-order valence-corrected chi connectivity index (χ1v) is 4.11. The zero-order valence-electron chi connectivity index (χ0n) is 6.67. The summed E-state index contributed by atoms with van der Waals surface area (Å²) in [7, 11) is 1.78. The van der Waals surface area contributed by atoms with E-state index in [1.807, 2.05) is 12.1 Å². The number of carbonyl (C=O) groups is 1. The highest BCUT2D eigenvalue weighted by atomic mass is 35.5. The number of amides is 1. The van der Waals surface area contributed by atoms with Crippen LogP contribution in [0.25, 0.3) is 0 Å². The molecule has 0 atom stereocenters. The molecule has 0 fully saturated rings. The molecule has 0 radical (unpaired) electrons. The maximum absolute atomic E-state index is 11.5. The van der Waals surface area contributed by atoms with Gasteiger partial charge in [0.25, 0.3) is 5.91 Å². The lowest BCUT2D eigenvalue weighted by Crippen LogP contribution is -2.17. The molecule has 0 spiro atoms. The summed E-state index contributed by atoms with van der Waals surface area (Å²) in [6.07, 6.45) is 0. The average molecular weight is 182 g/mol. The van der Waals surface area contributed by atoms with Gasteiger partial charge in [0.1, 0.15) is 0 Å².